The number of carbonyl (C=O) groups is 2. The molecule has 6 heteroatoms. The van der Waals surface area contributed by atoms with Gasteiger partial charge in [0.05, 0.1) is 13.7 Å². The van der Waals surface area contributed by atoms with Gasteiger partial charge in [0.15, 0.2) is 0 Å². The van der Waals surface area contributed by atoms with Crippen molar-refractivity contribution in [1.82, 2.24) is 10.2 Å². The third-order valence-corrected chi connectivity index (χ3v) is 2.81. The topological polar surface area (TPSA) is 67.9 Å². The normalized spacial score (nSPS) is 20.7. The van der Waals surface area contributed by atoms with Crippen molar-refractivity contribution >= 4 is 12.1 Å². The molecule has 1 aliphatic rings. The maximum Gasteiger partial charge on any atom is 0.407 e. The summed E-state index contributed by atoms with van der Waals surface area (Å²) in [6.07, 6.45) is 1.44. The molecule has 1 fully saturated rings. The molecule has 0 radical (unpaired) electrons. The Balaban J connectivity index is 2.38. The van der Waals surface area contributed by atoms with Gasteiger partial charge in [-0.15, -0.1) is 0 Å². The first kappa shape index (κ1) is 15.8. The van der Waals surface area contributed by atoms with E-state index in [1.165, 1.54) is 7.11 Å². The predicted octanol–water partition coefficient (Wildman–Crippen LogP) is 1.15. The zero-order chi connectivity index (χ0) is 14.5. The molecular weight excluding hydrogens is 248 g/mol. The van der Waals surface area contributed by atoms with E-state index in [1.54, 1.807) is 0 Å². The van der Waals surface area contributed by atoms with Crippen molar-refractivity contribution in [3.8, 4) is 0 Å². The fourth-order valence-electron chi connectivity index (χ4n) is 2.04. The molecule has 1 atom stereocenters. The number of esters is 1. The molecule has 1 saturated heterocycles. The first-order valence-electron chi connectivity index (χ1n) is 6.59. The molecule has 1 heterocycles. The van der Waals surface area contributed by atoms with Crippen LogP contribution in [0.3, 0.4) is 0 Å². The highest BCUT2D eigenvalue weighted by atomic mass is 16.6. The zero-order valence-corrected chi connectivity index (χ0v) is 12.2. The van der Waals surface area contributed by atoms with E-state index in [2.05, 4.69) is 10.1 Å². The van der Waals surface area contributed by atoms with Crippen LogP contribution in [0.4, 0.5) is 4.79 Å². The average Bonchev–Trinajstić information content (AvgIpc) is 2.26. The summed E-state index contributed by atoms with van der Waals surface area (Å²) in [4.78, 5) is 24.9. The van der Waals surface area contributed by atoms with Crippen LogP contribution in [0.5, 0.6) is 0 Å². The Bertz CT molecular complexity index is 325. The Morgan fingerprint density at radius 3 is 2.63 bits per heavy atom. The van der Waals surface area contributed by atoms with Gasteiger partial charge in [-0.3, -0.25) is 9.69 Å². The van der Waals surface area contributed by atoms with E-state index in [0.29, 0.717) is 6.54 Å². The van der Waals surface area contributed by atoms with E-state index in [-0.39, 0.29) is 18.6 Å². The van der Waals surface area contributed by atoms with Gasteiger partial charge in [0.2, 0.25) is 0 Å². The maximum atomic E-state index is 11.7. The second-order valence-corrected chi connectivity index (χ2v) is 5.80. The van der Waals surface area contributed by atoms with Crippen LogP contribution >= 0.6 is 0 Å². The van der Waals surface area contributed by atoms with Crippen LogP contribution in [0.1, 0.15) is 33.6 Å². The molecule has 0 aromatic rings. The highest BCUT2D eigenvalue weighted by Crippen LogP contribution is 2.12. The van der Waals surface area contributed by atoms with E-state index in [0.717, 1.165) is 19.4 Å². The number of methoxy groups -OCH3 is 1. The number of ether oxygens (including phenoxy) is 2. The standard InChI is InChI=1S/C13H24N2O4/c1-13(2,3)19-12(17)14-10-6-5-7-15(8-10)9-11(16)18-4/h10H,5-9H2,1-4H3,(H,14,17). The summed E-state index contributed by atoms with van der Waals surface area (Å²) in [5.74, 6) is -0.252. The van der Waals surface area contributed by atoms with Gasteiger partial charge in [0, 0.05) is 12.6 Å². The van der Waals surface area contributed by atoms with Crippen LogP contribution in [0, 0.1) is 0 Å². The molecule has 0 aromatic carbocycles. The van der Waals surface area contributed by atoms with E-state index in [4.69, 9.17) is 4.74 Å². The quantitative estimate of drug-likeness (QED) is 0.781. The molecule has 0 spiro atoms. The van der Waals surface area contributed by atoms with Crippen molar-refractivity contribution in [2.24, 2.45) is 0 Å². The Morgan fingerprint density at radius 2 is 2.05 bits per heavy atom. The number of nitrogens with zero attached hydrogens (tertiary/aromatic N) is 1. The molecule has 1 rings (SSSR count). The van der Waals surface area contributed by atoms with Gasteiger partial charge in [0.1, 0.15) is 5.60 Å². The number of amides is 1. The number of hydrogen-bond donors (Lipinski definition) is 1. The highest BCUT2D eigenvalue weighted by Gasteiger charge is 2.25. The van der Waals surface area contributed by atoms with E-state index < -0.39 is 11.7 Å². The lowest BCUT2D eigenvalue weighted by Crippen LogP contribution is -2.50. The first-order valence-corrected chi connectivity index (χ1v) is 6.59. The second-order valence-electron chi connectivity index (χ2n) is 5.80. The Morgan fingerprint density at radius 1 is 1.37 bits per heavy atom. The van der Waals surface area contributed by atoms with Crippen molar-refractivity contribution in [1.29, 1.82) is 0 Å². The zero-order valence-electron chi connectivity index (χ0n) is 12.2. The third-order valence-electron chi connectivity index (χ3n) is 2.81. The van der Waals surface area contributed by atoms with Gasteiger partial charge >= 0.3 is 12.1 Å². The molecule has 0 aromatic heterocycles. The number of piperidine rings is 1. The number of hydrogen-bond acceptors (Lipinski definition) is 5. The largest absolute Gasteiger partial charge is 0.468 e. The summed E-state index contributed by atoms with van der Waals surface area (Å²) < 4.78 is 9.86. The molecule has 0 aliphatic carbocycles. The monoisotopic (exact) mass is 272 g/mol. The van der Waals surface area contributed by atoms with Crippen LogP contribution in [0.25, 0.3) is 0 Å². The van der Waals surface area contributed by atoms with Crippen molar-refractivity contribution in [3.05, 3.63) is 0 Å². The minimum atomic E-state index is -0.496. The molecule has 1 unspecified atom stereocenters. The summed E-state index contributed by atoms with van der Waals surface area (Å²) in [7, 11) is 1.38. The lowest BCUT2D eigenvalue weighted by molar-refractivity contribution is -0.142. The fourth-order valence-corrected chi connectivity index (χ4v) is 2.04. The predicted molar refractivity (Wildman–Crippen MR) is 70.8 cm³/mol. The van der Waals surface area contributed by atoms with Crippen LogP contribution < -0.4 is 5.32 Å². The fraction of sp³-hybridized carbons (Fsp3) is 0.846. The third kappa shape index (κ3) is 6.42. The van der Waals surface area contributed by atoms with Gasteiger partial charge in [-0.2, -0.15) is 0 Å². The van der Waals surface area contributed by atoms with Gasteiger partial charge in [-0.1, -0.05) is 0 Å². The molecule has 0 bridgehead atoms. The van der Waals surface area contributed by atoms with Gasteiger partial charge < -0.3 is 14.8 Å². The molecule has 0 saturated carbocycles. The van der Waals surface area contributed by atoms with Gasteiger partial charge in [-0.05, 0) is 40.2 Å². The summed E-state index contributed by atoms with van der Waals surface area (Å²) in [5.41, 5.74) is -0.496. The minimum absolute atomic E-state index is 0.0215. The lowest BCUT2D eigenvalue weighted by Gasteiger charge is -2.32. The number of alkyl carbamates (subject to hydrolysis) is 1. The SMILES string of the molecule is COC(=O)CN1CCCC(NC(=O)OC(C)(C)C)C1. The van der Waals surface area contributed by atoms with Crippen molar-refractivity contribution < 1.29 is 19.1 Å². The van der Waals surface area contributed by atoms with E-state index in [9.17, 15) is 9.59 Å². The second kappa shape index (κ2) is 6.75. The van der Waals surface area contributed by atoms with Crippen LogP contribution in [0.15, 0.2) is 0 Å². The number of nitrogens with one attached hydrogen (secondary N) is 1. The summed E-state index contributed by atoms with van der Waals surface area (Å²) in [5, 5.41) is 2.84. The number of likely N-dealkylation sites (tertiary alicyclic amines) is 1. The Labute approximate surface area is 114 Å². The molecule has 19 heavy (non-hydrogen) atoms. The van der Waals surface area contributed by atoms with Crippen molar-refractivity contribution in [2.45, 2.75) is 45.3 Å². The van der Waals surface area contributed by atoms with Gasteiger partial charge in [0.25, 0.3) is 0 Å². The highest BCUT2D eigenvalue weighted by molar-refractivity contribution is 5.71. The summed E-state index contributed by atoms with van der Waals surface area (Å²) >= 11 is 0. The summed E-state index contributed by atoms with van der Waals surface area (Å²) in [6, 6.07) is 0.0215. The minimum Gasteiger partial charge on any atom is -0.468 e. The van der Waals surface area contributed by atoms with Crippen LogP contribution in [-0.2, 0) is 14.3 Å². The summed E-state index contributed by atoms with van der Waals surface area (Å²) in [6.45, 7) is 7.25. The first-order chi connectivity index (χ1) is 8.80. The Kier molecular flexibility index (Phi) is 5.60. The van der Waals surface area contributed by atoms with Crippen LogP contribution in [0.2, 0.25) is 0 Å². The van der Waals surface area contributed by atoms with E-state index >= 15 is 0 Å². The molecule has 1 amide bonds. The maximum absolute atomic E-state index is 11.7. The number of rotatable bonds is 3. The smallest absolute Gasteiger partial charge is 0.407 e. The molecule has 1 aliphatic heterocycles. The van der Waals surface area contributed by atoms with E-state index in [1.807, 2.05) is 25.7 Å². The molecule has 1 N–H and O–H groups in total. The van der Waals surface area contributed by atoms with Gasteiger partial charge in [-0.25, -0.2) is 4.79 Å². The van der Waals surface area contributed by atoms with Crippen molar-refractivity contribution in [2.75, 3.05) is 26.7 Å². The molecular formula is C13H24N2O4. The molecule has 6 nitrogen and oxygen atoms in total. The Hall–Kier alpha value is -1.30. The molecule has 110 valence electrons. The van der Waals surface area contributed by atoms with Crippen molar-refractivity contribution in [3.63, 3.8) is 0 Å². The lowest BCUT2D eigenvalue weighted by atomic mass is 10.1. The van der Waals surface area contributed by atoms with Crippen LogP contribution in [-0.4, -0.2) is 55.3 Å². The number of carbonyl (C=O) groups excluding carboxylic acids is 2. The average molecular weight is 272 g/mol.